The highest BCUT2D eigenvalue weighted by Crippen LogP contribution is 2.30. The van der Waals surface area contributed by atoms with Gasteiger partial charge in [-0.05, 0) is 17.7 Å². The smallest absolute Gasteiger partial charge is 0.250 e. The van der Waals surface area contributed by atoms with Crippen LogP contribution in [-0.2, 0) is 9.59 Å². The summed E-state index contributed by atoms with van der Waals surface area (Å²) < 4.78 is 1.61. The number of carbonyl (C=O) groups is 2. The molecule has 8 heteroatoms. The SMILES string of the molecule is CC(C)C(=O)Nc1nc2n(n1)[C@@H](c1ccc(Cl)cc1)CC(=O)N2. The molecule has 0 aliphatic carbocycles. The van der Waals surface area contributed by atoms with Gasteiger partial charge in [0.15, 0.2) is 0 Å². The molecular weight excluding hydrogens is 318 g/mol. The highest BCUT2D eigenvalue weighted by Gasteiger charge is 2.29. The maximum atomic E-state index is 11.9. The molecule has 3 rings (SSSR count). The van der Waals surface area contributed by atoms with Gasteiger partial charge in [-0.15, -0.1) is 5.10 Å². The number of nitrogens with one attached hydrogen (secondary N) is 2. The molecule has 0 fully saturated rings. The van der Waals surface area contributed by atoms with E-state index in [1.807, 2.05) is 12.1 Å². The van der Waals surface area contributed by atoms with Gasteiger partial charge in [0, 0.05) is 10.9 Å². The summed E-state index contributed by atoms with van der Waals surface area (Å²) >= 11 is 5.91. The number of aromatic nitrogens is 3. The monoisotopic (exact) mass is 333 g/mol. The van der Waals surface area contributed by atoms with Gasteiger partial charge in [0.1, 0.15) is 0 Å². The van der Waals surface area contributed by atoms with Gasteiger partial charge in [-0.25, -0.2) is 4.68 Å². The first kappa shape index (κ1) is 15.5. The van der Waals surface area contributed by atoms with Crippen LogP contribution in [0.25, 0.3) is 0 Å². The Hall–Kier alpha value is -2.41. The lowest BCUT2D eigenvalue weighted by atomic mass is 10.0. The molecule has 2 heterocycles. The van der Waals surface area contributed by atoms with Crippen molar-refractivity contribution >= 4 is 35.3 Å². The van der Waals surface area contributed by atoms with Crippen molar-refractivity contribution in [1.82, 2.24) is 14.8 Å². The van der Waals surface area contributed by atoms with Crippen LogP contribution in [0.4, 0.5) is 11.9 Å². The predicted octanol–water partition coefficient (Wildman–Crippen LogP) is 2.46. The molecule has 1 aliphatic rings. The summed E-state index contributed by atoms with van der Waals surface area (Å²) in [6.07, 6.45) is 0.246. The Bertz CT molecular complexity index is 754. The molecule has 0 bridgehead atoms. The van der Waals surface area contributed by atoms with E-state index < -0.39 is 0 Å². The topological polar surface area (TPSA) is 88.9 Å². The van der Waals surface area contributed by atoms with Crippen molar-refractivity contribution in [2.24, 2.45) is 5.92 Å². The molecule has 0 unspecified atom stereocenters. The maximum absolute atomic E-state index is 11.9. The number of hydrogen-bond donors (Lipinski definition) is 2. The summed E-state index contributed by atoms with van der Waals surface area (Å²) in [6.45, 7) is 3.56. The number of fused-ring (bicyclic) bond motifs is 1. The number of rotatable bonds is 3. The first-order chi connectivity index (χ1) is 10.9. The minimum absolute atomic E-state index is 0.147. The second-order valence-corrected chi connectivity index (χ2v) is 6.10. The summed E-state index contributed by atoms with van der Waals surface area (Å²) in [4.78, 5) is 27.9. The van der Waals surface area contributed by atoms with Crippen LogP contribution in [0.2, 0.25) is 5.02 Å². The molecule has 1 aromatic heterocycles. The van der Waals surface area contributed by atoms with Gasteiger partial charge in [-0.3, -0.25) is 20.2 Å². The molecule has 23 heavy (non-hydrogen) atoms. The fourth-order valence-corrected chi connectivity index (χ4v) is 2.44. The number of amides is 2. The van der Waals surface area contributed by atoms with Crippen molar-refractivity contribution in [3.8, 4) is 0 Å². The van der Waals surface area contributed by atoms with Gasteiger partial charge in [0.05, 0.1) is 12.5 Å². The van der Waals surface area contributed by atoms with E-state index in [-0.39, 0.29) is 36.1 Å². The highest BCUT2D eigenvalue weighted by molar-refractivity contribution is 6.30. The van der Waals surface area contributed by atoms with Crippen molar-refractivity contribution in [3.63, 3.8) is 0 Å². The van der Waals surface area contributed by atoms with Gasteiger partial charge in [-0.1, -0.05) is 37.6 Å². The van der Waals surface area contributed by atoms with Crippen LogP contribution in [0.5, 0.6) is 0 Å². The Kier molecular flexibility index (Phi) is 4.04. The van der Waals surface area contributed by atoms with Crippen molar-refractivity contribution in [2.45, 2.75) is 26.3 Å². The fourth-order valence-electron chi connectivity index (χ4n) is 2.32. The van der Waals surface area contributed by atoms with Gasteiger partial charge in [-0.2, -0.15) is 4.98 Å². The number of nitrogens with zero attached hydrogens (tertiary/aromatic N) is 3. The zero-order chi connectivity index (χ0) is 16.6. The molecule has 1 aromatic carbocycles. The normalized spacial score (nSPS) is 16.9. The highest BCUT2D eigenvalue weighted by atomic mass is 35.5. The Balaban J connectivity index is 1.93. The van der Waals surface area contributed by atoms with Crippen molar-refractivity contribution < 1.29 is 9.59 Å². The van der Waals surface area contributed by atoms with E-state index in [9.17, 15) is 9.59 Å². The Morgan fingerprint density at radius 2 is 2.09 bits per heavy atom. The summed E-state index contributed by atoms with van der Waals surface area (Å²) in [5, 5.41) is 10.2. The first-order valence-electron chi connectivity index (χ1n) is 7.27. The molecule has 7 nitrogen and oxygen atoms in total. The van der Waals surface area contributed by atoms with Crippen LogP contribution in [0.15, 0.2) is 24.3 Å². The average molecular weight is 334 g/mol. The summed E-state index contributed by atoms with van der Waals surface area (Å²) in [5.74, 6) is -0.00814. The molecule has 0 saturated carbocycles. The molecule has 0 saturated heterocycles. The standard InChI is InChI=1S/C15H16ClN5O2/c1-8(2)13(23)18-14-19-15-17-12(22)7-11(21(15)20-14)9-3-5-10(16)6-4-9/h3-6,8,11H,7H2,1-2H3,(H2,17,18,19,20,22,23)/t11-/m1/s1. The third-order valence-corrected chi connectivity index (χ3v) is 3.82. The quantitative estimate of drug-likeness (QED) is 0.903. The van der Waals surface area contributed by atoms with E-state index >= 15 is 0 Å². The molecule has 2 amide bonds. The summed E-state index contributed by atoms with van der Waals surface area (Å²) in [6, 6.07) is 6.95. The minimum atomic E-state index is -0.284. The predicted molar refractivity (Wildman–Crippen MR) is 86.3 cm³/mol. The minimum Gasteiger partial charge on any atom is -0.295 e. The van der Waals surface area contributed by atoms with Crippen LogP contribution in [-0.4, -0.2) is 26.6 Å². The van der Waals surface area contributed by atoms with Gasteiger partial charge in [0.2, 0.25) is 17.8 Å². The second-order valence-electron chi connectivity index (χ2n) is 5.67. The van der Waals surface area contributed by atoms with E-state index in [0.29, 0.717) is 11.0 Å². The number of halogens is 1. The zero-order valence-corrected chi connectivity index (χ0v) is 13.5. The van der Waals surface area contributed by atoms with Gasteiger partial charge >= 0.3 is 0 Å². The lowest BCUT2D eigenvalue weighted by molar-refractivity contribution is -0.119. The van der Waals surface area contributed by atoms with Crippen LogP contribution in [0.1, 0.15) is 31.9 Å². The molecule has 0 spiro atoms. The van der Waals surface area contributed by atoms with Crippen LogP contribution < -0.4 is 10.6 Å². The van der Waals surface area contributed by atoms with Crippen LogP contribution in [0, 0.1) is 5.92 Å². The first-order valence-corrected chi connectivity index (χ1v) is 7.64. The van der Waals surface area contributed by atoms with E-state index in [1.54, 1.807) is 30.7 Å². The molecule has 1 aliphatic heterocycles. The van der Waals surface area contributed by atoms with Crippen molar-refractivity contribution in [1.29, 1.82) is 0 Å². The van der Waals surface area contributed by atoms with E-state index in [2.05, 4.69) is 20.7 Å². The largest absolute Gasteiger partial charge is 0.295 e. The maximum Gasteiger partial charge on any atom is 0.250 e. The van der Waals surface area contributed by atoms with Gasteiger partial charge < -0.3 is 0 Å². The van der Waals surface area contributed by atoms with Gasteiger partial charge in [0.25, 0.3) is 5.95 Å². The lowest BCUT2D eigenvalue weighted by Gasteiger charge is -2.23. The Morgan fingerprint density at radius 3 is 2.74 bits per heavy atom. The number of benzene rings is 1. The Morgan fingerprint density at radius 1 is 1.39 bits per heavy atom. The van der Waals surface area contributed by atoms with E-state index in [4.69, 9.17) is 11.6 Å². The Labute approximate surface area is 138 Å². The zero-order valence-electron chi connectivity index (χ0n) is 12.7. The second kappa shape index (κ2) is 6.00. The summed E-state index contributed by atoms with van der Waals surface area (Å²) in [5.41, 5.74) is 0.900. The molecule has 2 N–H and O–H groups in total. The fraction of sp³-hybridized carbons (Fsp3) is 0.333. The number of anilines is 2. The molecule has 0 radical (unpaired) electrons. The number of carbonyl (C=O) groups excluding carboxylic acids is 2. The third kappa shape index (κ3) is 3.19. The van der Waals surface area contributed by atoms with Crippen molar-refractivity contribution in [3.05, 3.63) is 34.9 Å². The van der Waals surface area contributed by atoms with E-state index in [1.165, 1.54) is 0 Å². The molecule has 120 valence electrons. The summed E-state index contributed by atoms with van der Waals surface area (Å²) in [7, 11) is 0. The van der Waals surface area contributed by atoms with E-state index in [0.717, 1.165) is 5.56 Å². The third-order valence-electron chi connectivity index (χ3n) is 3.57. The van der Waals surface area contributed by atoms with Crippen LogP contribution in [0.3, 0.4) is 0 Å². The molecule has 1 atom stereocenters. The molecule has 2 aromatic rings. The van der Waals surface area contributed by atoms with Crippen molar-refractivity contribution in [2.75, 3.05) is 10.6 Å². The number of hydrogen-bond acceptors (Lipinski definition) is 4. The average Bonchev–Trinajstić information content (AvgIpc) is 2.89. The van der Waals surface area contributed by atoms with Crippen LogP contribution >= 0.6 is 11.6 Å². The lowest BCUT2D eigenvalue weighted by Crippen LogP contribution is -2.29. The molecular formula is C15H16ClN5O2.